The molecule has 2 saturated heterocycles. The highest BCUT2D eigenvalue weighted by Gasteiger charge is 2.27. The van der Waals surface area contributed by atoms with Gasteiger partial charge >= 0.3 is 0 Å². The molecule has 0 spiro atoms. The molecule has 2 heterocycles. The number of nitrogens with one attached hydrogen (secondary N) is 2. The highest BCUT2D eigenvalue weighted by atomic mass is 32.2. The fraction of sp³-hybridized carbons (Fsp3) is 1.00. The van der Waals surface area contributed by atoms with Crippen molar-refractivity contribution in [2.24, 2.45) is 0 Å². The highest BCUT2D eigenvalue weighted by molar-refractivity contribution is 7.89. The first kappa shape index (κ1) is 13.3. The van der Waals surface area contributed by atoms with Gasteiger partial charge in [-0.15, -0.1) is 0 Å². The zero-order valence-corrected chi connectivity index (χ0v) is 11.1. The summed E-state index contributed by atoms with van der Waals surface area (Å²) in [6, 6.07) is 0.176. The Hall–Kier alpha value is -0.170. The van der Waals surface area contributed by atoms with Crippen LogP contribution in [0.5, 0.6) is 0 Å². The van der Waals surface area contributed by atoms with Gasteiger partial charge in [0.25, 0.3) is 0 Å². The van der Waals surface area contributed by atoms with E-state index in [0.717, 1.165) is 32.2 Å². The van der Waals surface area contributed by atoms with E-state index in [1.165, 1.54) is 0 Å². The van der Waals surface area contributed by atoms with Gasteiger partial charge in [-0.25, -0.2) is 13.1 Å². The summed E-state index contributed by atoms with van der Waals surface area (Å²) in [5, 5.41) is 3.21. The molecule has 0 aromatic rings. The maximum absolute atomic E-state index is 12.0. The molecule has 3 unspecified atom stereocenters. The van der Waals surface area contributed by atoms with Crippen LogP contribution in [0, 0.1) is 0 Å². The summed E-state index contributed by atoms with van der Waals surface area (Å²) in [5.41, 5.74) is 0. The summed E-state index contributed by atoms with van der Waals surface area (Å²) in [6.45, 7) is 3.57. The van der Waals surface area contributed by atoms with Gasteiger partial charge in [-0.05, 0) is 39.2 Å². The lowest BCUT2D eigenvalue weighted by Gasteiger charge is -2.28. The Kier molecular flexibility index (Phi) is 4.41. The third-order valence-electron chi connectivity index (χ3n) is 3.41. The van der Waals surface area contributed by atoms with Gasteiger partial charge in [0.1, 0.15) is 0 Å². The fourth-order valence-electron chi connectivity index (χ4n) is 2.57. The van der Waals surface area contributed by atoms with Crippen molar-refractivity contribution in [1.29, 1.82) is 0 Å². The molecule has 100 valence electrons. The number of hydrogen-bond acceptors (Lipinski definition) is 4. The zero-order chi connectivity index (χ0) is 12.3. The van der Waals surface area contributed by atoms with Crippen LogP contribution in [-0.4, -0.2) is 45.5 Å². The Morgan fingerprint density at radius 3 is 2.88 bits per heavy atom. The van der Waals surface area contributed by atoms with Crippen LogP contribution in [0.2, 0.25) is 0 Å². The average molecular weight is 262 g/mol. The Bertz CT molecular complexity index is 339. The second kappa shape index (κ2) is 5.65. The summed E-state index contributed by atoms with van der Waals surface area (Å²) in [5.74, 6) is 0.207. The summed E-state index contributed by atoms with van der Waals surface area (Å²) in [6.07, 6.45) is 3.75. The monoisotopic (exact) mass is 262 g/mol. The Labute approximate surface area is 103 Å². The zero-order valence-electron chi connectivity index (χ0n) is 10.3. The van der Waals surface area contributed by atoms with E-state index in [4.69, 9.17) is 4.74 Å². The lowest BCUT2D eigenvalue weighted by molar-refractivity contribution is 0.0173. The average Bonchev–Trinajstić information content (AvgIpc) is 2.68. The molecule has 5 nitrogen and oxygen atoms in total. The second-order valence-electron chi connectivity index (χ2n) is 5.10. The Balaban J connectivity index is 1.83. The molecule has 0 aromatic carbocycles. The van der Waals surface area contributed by atoms with Crippen molar-refractivity contribution in [1.82, 2.24) is 10.0 Å². The first-order chi connectivity index (χ1) is 8.05. The molecule has 0 amide bonds. The molecule has 2 aliphatic heterocycles. The molecule has 6 heteroatoms. The number of ether oxygens (including phenoxy) is 1. The lowest BCUT2D eigenvalue weighted by Crippen LogP contribution is -2.45. The third-order valence-corrected chi connectivity index (χ3v) is 4.95. The van der Waals surface area contributed by atoms with E-state index < -0.39 is 10.0 Å². The van der Waals surface area contributed by atoms with Crippen molar-refractivity contribution in [3.8, 4) is 0 Å². The van der Waals surface area contributed by atoms with Gasteiger partial charge in [-0.2, -0.15) is 0 Å². The first-order valence-electron chi connectivity index (χ1n) is 6.40. The van der Waals surface area contributed by atoms with Gasteiger partial charge in [0, 0.05) is 18.7 Å². The van der Waals surface area contributed by atoms with Crippen molar-refractivity contribution < 1.29 is 13.2 Å². The van der Waals surface area contributed by atoms with E-state index in [0.29, 0.717) is 6.61 Å². The van der Waals surface area contributed by atoms with Crippen LogP contribution in [-0.2, 0) is 14.8 Å². The molecule has 0 saturated carbocycles. The van der Waals surface area contributed by atoms with E-state index in [2.05, 4.69) is 10.0 Å². The van der Waals surface area contributed by atoms with Gasteiger partial charge in [0.15, 0.2) is 0 Å². The van der Waals surface area contributed by atoms with Crippen molar-refractivity contribution >= 4 is 10.0 Å². The van der Waals surface area contributed by atoms with E-state index >= 15 is 0 Å². The van der Waals surface area contributed by atoms with Crippen LogP contribution >= 0.6 is 0 Å². The topological polar surface area (TPSA) is 67.4 Å². The molecule has 17 heavy (non-hydrogen) atoms. The molecular weight excluding hydrogens is 240 g/mol. The minimum atomic E-state index is -3.16. The smallest absolute Gasteiger partial charge is 0.213 e. The maximum Gasteiger partial charge on any atom is 0.213 e. The molecule has 2 rings (SSSR count). The van der Waals surface area contributed by atoms with Crippen LogP contribution in [0.4, 0.5) is 0 Å². The largest absolute Gasteiger partial charge is 0.378 e. The minimum absolute atomic E-state index is 0.0464. The second-order valence-corrected chi connectivity index (χ2v) is 6.89. The van der Waals surface area contributed by atoms with Crippen LogP contribution in [0.15, 0.2) is 0 Å². The summed E-state index contributed by atoms with van der Waals surface area (Å²) >= 11 is 0. The maximum atomic E-state index is 12.0. The predicted molar refractivity (Wildman–Crippen MR) is 66.4 cm³/mol. The van der Waals surface area contributed by atoms with Crippen LogP contribution in [0.25, 0.3) is 0 Å². The quantitative estimate of drug-likeness (QED) is 0.761. The van der Waals surface area contributed by atoms with Crippen LogP contribution < -0.4 is 10.0 Å². The highest BCUT2D eigenvalue weighted by Crippen LogP contribution is 2.15. The normalized spacial score (nSPS) is 35.0. The van der Waals surface area contributed by atoms with Crippen molar-refractivity contribution in [3.63, 3.8) is 0 Å². The first-order valence-corrected chi connectivity index (χ1v) is 8.05. The van der Waals surface area contributed by atoms with Gasteiger partial charge < -0.3 is 10.1 Å². The number of sulfonamides is 1. The molecule has 0 bridgehead atoms. The van der Waals surface area contributed by atoms with Crippen LogP contribution in [0.1, 0.15) is 32.6 Å². The fourth-order valence-corrected chi connectivity index (χ4v) is 4.20. The molecule has 2 fully saturated rings. The molecular formula is C11H22N2O3S. The summed E-state index contributed by atoms with van der Waals surface area (Å²) in [7, 11) is -3.16. The van der Waals surface area contributed by atoms with Gasteiger partial charge in [-0.3, -0.25) is 0 Å². The minimum Gasteiger partial charge on any atom is -0.378 e. The standard InChI is InChI=1S/C11H22N2O3S/c1-9-7-10(4-6-16-9)13-17(14,15)8-11-3-2-5-12-11/h9-13H,2-8H2,1H3. The molecule has 0 aromatic heterocycles. The van der Waals surface area contributed by atoms with Gasteiger partial charge in [0.2, 0.25) is 10.0 Å². The summed E-state index contributed by atoms with van der Waals surface area (Å²) in [4.78, 5) is 0. The van der Waals surface area contributed by atoms with Gasteiger partial charge in [0.05, 0.1) is 11.9 Å². The molecule has 0 aliphatic carbocycles. The summed E-state index contributed by atoms with van der Waals surface area (Å²) < 4.78 is 32.2. The number of hydrogen-bond donors (Lipinski definition) is 2. The predicted octanol–water partition coefficient (Wildman–Crippen LogP) is 0.225. The third kappa shape index (κ3) is 4.21. The Morgan fingerprint density at radius 1 is 1.41 bits per heavy atom. The van der Waals surface area contributed by atoms with Crippen LogP contribution in [0.3, 0.4) is 0 Å². The lowest BCUT2D eigenvalue weighted by atomic mass is 10.1. The molecule has 2 aliphatic rings. The van der Waals surface area contributed by atoms with E-state index in [1.807, 2.05) is 6.92 Å². The van der Waals surface area contributed by atoms with Crippen molar-refractivity contribution in [3.05, 3.63) is 0 Å². The SMILES string of the molecule is CC1CC(NS(=O)(=O)CC2CCCN2)CCO1. The molecule has 3 atom stereocenters. The van der Waals surface area contributed by atoms with E-state index in [-0.39, 0.29) is 23.9 Å². The van der Waals surface area contributed by atoms with Crippen molar-refractivity contribution in [2.45, 2.75) is 50.8 Å². The molecule has 2 N–H and O–H groups in total. The van der Waals surface area contributed by atoms with Crippen molar-refractivity contribution in [2.75, 3.05) is 18.9 Å². The molecule has 0 radical (unpaired) electrons. The van der Waals surface area contributed by atoms with Gasteiger partial charge in [-0.1, -0.05) is 0 Å². The van der Waals surface area contributed by atoms with E-state index in [1.54, 1.807) is 0 Å². The number of rotatable bonds is 4. The Morgan fingerprint density at radius 2 is 2.24 bits per heavy atom. The van der Waals surface area contributed by atoms with E-state index in [9.17, 15) is 8.42 Å².